The lowest BCUT2D eigenvalue weighted by atomic mass is 9.82. The van der Waals surface area contributed by atoms with E-state index in [0.29, 0.717) is 23.7 Å². The van der Waals surface area contributed by atoms with Gasteiger partial charge >= 0.3 is 0 Å². The highest BCUT2D eigenvalue weighted by molar-refractivity contribution is 5.51. The molecule has 3 rings (SSSR count). The minimum absolute atomic E-state index is 0.211. The number of β-amino-alcohol motifs (C(OH)–C–C–N with tert-alkyl or cyclic N) is 1. The number of nitrogens with one attached hydrogen (secondary N) is 3. The van der Waals surface area contributed by atoms with Crippen LogP contribution in [0.5, 0.6) is 0 Å². The summed E-state index contributed by atoms with van der Waals surface area (Å²) < 4.78 is 0. The number of aromatic nitrogens is 2. The summed E-state index contributed by atoms with van der Waals surface area (Å²) >= 11 is 0. The van der Waals surface area contributed by atoms with Crippen LogP contribution in [-0.2, 0) is 0 Å². The minimum atomic E-state index is 0.211. The number of nitrogens with two attached hydrogens (primary N) is 1. The SMILES string of the molecule is CC(C)NCCCNCC1CCC(CNc2nc(N)cc(N3CCN(CCO)CC3)n2)CC1. The number of nitrogens with zero attached hydrogens (tertiary/aromatic N) is 4. The lowest BCUT2D eigenvalue weighted by molar-refractivity contribution is 0.188. The van der Waals surface area contributed by atoms with Gasteiger partial charge in [0.15, 0.2) is 0 Å². The standard InChI is InChI=1S/C24H46N8O/c1-19(2)27-9-3-8-26-17-20-4-6-21(7-5-20)18-28-24-29-22(25)16-23(30-24)32-12-10-31(11-13-32)14-15-33/h16,19-21,26-27,33H,3-15,17-18H2,1-2H3,(H3,25,28,29,30). The molecule has 0 amide bonds. The third-order valence-corrected chi connectivity index (χ3v) is 6.88. The monoisotopic (exact) mass is 462 g/mol. The molecule has 0 unspecified atom stereocenters. The number of hydrogen-bond acceptors (Lipinski definition) is 9. The number of hydrogen-bond donors (Lipinski definition) is 5. The summed E-state index contributed by atoms with van der Waals surface area (Å²) in [6, 6.07) is 2.44. The molecular weight excluding hydrogens is 416 g/mol. The highest BCUT2D eigenvalue weighted by atomic mass is 16.3. The Balaban J connectivity index is 1.34. The van der Waals surface area contributed by atoms with Crippen LogP contribution in [-0.4, -0.2) is 91.5 Å². The average Bonchev–Trinajstić information content (AvgIpc) is 2.81. The highest BCUT2D eigenvalue weighted by Crippen LogP contribution is 2.28. The maximum absolute atomic E-state index is 9.13. The van der Waals surface area contributed by atoms with Crippen molar-refractivity contribution in [3.05, 3.63) is 6.07 Å². The van der Waals surface area contributed by atoms with Gasteiger partial charge in [0.05, 0.1) is 6.61 Å². The molecule has 6 N–H and O–H groups in total. The van der Waals surface area contributed by atoms with Crippen LogP contribution in [0.3, 0.4) is 0 Å². The molecule has 1 aliphatic carbocycles. The number of aliphatic hydroxyl groups is 1. The Labute approximate surface area is 199 Å². The molecule has 1 aliphatic heterocycles. The molecule has 0 bridgehead atoms. The van der Waals surface area contributed by atoms with Gasteiger partial charge in [0.2, 0.25) is 5.95 Å². The van der Waals surface area contributed by atoms with Gasteiger partial charge in [-0.25, -0.2) is 0 Å². The van der Waals surface area contributed by atoms with Crippen molar-refractivity contribution in [2.24, 2.45) is 11.8 Å². The molecule has 2 fully saturated rings. The molecule has 1 aromatic rings. The first kappa shape index (κ1) is 25.9. The van der Waals surface area contributed by atoms with E-state index >= 15 is 0 Å². The number of nitrogen functional groups attached to an aromatic ring is 1. The molecule has 0 spiro atoms. The van der Waals surface area contributed by atoms with Crippen molar-refractivity contribution in [1.82, 2.24) is 25.5 Å². The van der Waals surface area contributed by atoms with E-state index < -0.39 is 0 Å². The van der Waals surface area contributed by atoms with Gasteiger partial charge in [-0.2, -0.15) is 9.97 Å². The Hall–Kier alpha value is -1.68. The average molecular weight is 463 g/mol. The topological polar surface area (TPSA) is 115 Å². The highest BCUT2D eigenvalue weighted by Gasteiger charge is 2.22. The fourth-order valence-corrected chi connectivity index (χ4v) is 4.82. The van der Waals surface area contributed by atoms with Crippen molar-refractivity contribution in [3.63, 3.8) is 0 Å². The number of piperazine rings is 1. The first-order chi connectivity index (χ1) is 16.0. The fourth-order valence-electron chi connectivity index (χ4n) is 4.82. The summed E-state index contributed by atoms with van der Waals surface area (Å²) in [5.74, 6) is 3.53. The van der Waals surface area contributed by atoms with E-state index in [0.717, 1.165) is 70.6 Å². The van der Waals surface area contributed by atoms with E-state index in [1.165, 1.54) is 32.1 Å². The predicted octanol–water partition coefficient (Wildman–Crippen LogP) is 1.37. The maximum atomic E-state index is 9.13. The Morgan fingerprint density at radius 3 is 2.39 bits per heavy atom. The Morgan fingerprint density at radius 2 is 1.73 bits per heavy atom. The van der Waals surface area contributed by atoms with Crippen molar-refractivity contribution in [2.45, 2.75) is 52.0 Å². The predicted molar refractivity (Wildman–Crippen MR) is 137 cm³/mol. The zero-order chi connectivity index (χ0) is 23.5. The van der Waals surface area contributed by atoms with Gasteiger partial charge in [-0.1, -0.05) is 13.8 Å². The van der Waals surface area contributed by atoms with Crippen LogP contribution in [0.2, 0.25) is 0 Å². The molecule has 1 saturated heterocycles. The lowest BCUT2D eigenvalue weighted by Crippen LogP contribution is -2.47. The van der Waals surface area contributed by atoms with Gasteiger partial charge in [0.25, 0.3) is 0 Å². The van der Waals surface area contributed by atoms with Crippen molar-refractivity contribution < 1.29 is 5.11 Å². The zero-order valence-electron chi connectivity index (χ0n) is 20.7. The van der Waals surface area contributed by atoms with Gasteiger partial charge in [0.1, 0.15) is 11.6 Å². The van der Waals surface area contributed by atoms with Crippen LogP contribution in [0.1, 0.15) is 46.0 Å². The van der Waals surface area contributed by atoms with Crippen molar-refractivity contribution in [2.75, 3.05) is 81.5 Å². The van der Waals surface area contributed by atoms with Gasteiger partial charge in [-0.3, -0.25) is 4.90 Å². The lowest BCUT2D eigenvalue weighted by Gasteiger charge is -2.35. The molecular formula is C24H46N8O. The second-order valence-electron chi connectivity index (χ2n) is 9.96. The van der Waals surface area contributed by atoms with E-state index in [1.807, 2.05) is 6.07 Å². The summed E-state index contributed by atoms with van der Waals surface area (Å²) in [4.78, 5) is 13.7. The minimum Gasteiger partial charge on any atom is -0.395 e. The molecule has 9 nitrogen and oxygen atoms in total. The Kier molecular flexibility index (Phi) is 10.9. The van der Waals surface area contributed by atoms with Gasteiger partial charge in [0, 0.05) is 51.4 Å². The van der Waals surface area contributed by atoms with Gasteiger partial charge in [-0.05, 0) is 63.6 Å². The van der Waals surface area contributed by atoms with Crippen LogP contribution in [0.4, 0.5) is 17.6 Å². The fraction of sp³-hybridized carbons (Fsp3) is 0.833. The molecule has 0 atom stereocenters. The van der Waals surface area contributed by atoms with E-state index in [2.05, 4.69) is 44.6 Å². The summed E-state index contributed by atoms with van der Waals surface area (Å²) in [7, 11) is 0. The molecule has 33 heavy (non-hydrogen) atoms. The van der Waals surface area contributed by atoms with E-state index in [-0.39, 0.29) is 6.61 Å². The third-order valence-electron chi connectivity index (χ3n) is 6.88. The molecule has 2 heterocycles. The van der Waals surface area contributed by atoms with Crippen molar-refractivity contribution in [3.8, 4) is 0 Å². The van der Waals surface area contributed by atoms with Crippen molar-refractivity contribution >= 4 is 17.6 Å². The number of aliphatic hydroxyl groups excluding tert-OH is 1. The van der Waals surface area contributed by atoms with E-state index in [1.54, 1.807) is 0 Å². The third kappa shape index (κ3) is 9.23. The van der Waals surface area contributed by atoms with Crippen LogP contribution >= 0.6 is 0 Å². The molecule has 1 aromatic heterocycles. The molecule has 1 saturated carbocycles. The smallest absolute Gasteiger partial charge is 0.226 e. The van der Waals surface area contributed by atoms with Gasteiger partial charge in [-0.15, -0.1) is 0 Å². The van der Waals surface area contributed by atoms with Gasteiger partial charge < -0.3 is 31.7 Å². The summed E-state index contributed by atoms with van der Waals surface area (Å²) in [6.07, 6.45) is 6.31. The van der Waals surface area contributed by atoms with Crippen LogP contribution in [0, 0.1) is 11.8 Å². The maximum Gasteiger partial charge on any atom is 0.226 e. The van der Waals surface area contributed by atoms with E-state index in [9.17, 15) is 0 Å². The molecule has 0 radical (unpaired) electrons. The van der Waals surface area contributed by atoms with Crippen LogP contribution in [0.25, 0.3) is 0 Å². The number of anilines is 3. The van der Waals surface area contributed by atoms with Crippen LogP contribution < -0.4 is 26.6 Å². The van der Waals surface area contributed by atoms with Crippen molar-refractivity contribution in [1.29, 1.82) is 0 Å². The second-order valence-corrected chi connectivity index (χ2v) is 9.96. The number of rotatable bonds is 13. The first-order valence-corrected chi connectivity index (χ1v) is 12.9. The zero-order valence-corrected chi connectivity index (χ0v) is 20.7. The molecule has 2 aliphatic rings. The summed E-state index contributed by atoms with van der Waals surface area (Å²) in [5, 5.41) is 19.7. The molecule has 0 aromatic carbocycles. The Bertz CT molecular complexity index is 672. The molecule has 9 heteroatoms. The largest absolute Gasteiger partial charge is 0.395 e. The van der Waals surface area contributed by atoms with E-state index in [4.69, 9.17) is 15.8 Å². The summed E-state index contributed by atoms with van der Waals surface area (Å²) in [5.41, 5.74) is 6.09. The quantitative estimate of drug-likeness (QED) is 0.277. The first-order valence-electron chi connectivity index (χ1n) is 12.9. The molecule has 188 valence electrons. The normalized spacial score (nSPS) is 22.1. The summed E-state index contributed by atoms with van der Waals surface area (Å²) in [6.45, 7) is 13.2. The Morgan fingerprint density at radius 1 is 1.03 bits per heavy atom. The second kappa shape index (κ2) is 13.9. The van der Waals surface area contributed by atoms with Crippen LogP contribution in [0.15, 0.2) is 6.07 Å².